The maximum absolute atomic E-state index is 6.67. The smallest absolute Gasteiger partial charge is 0.226 e. The van der Waals surface area contributed by atoms with Crippen molar-refractivity contribution < 1.29 is 4.43 Å². The van der Waals surface area contributed by atoms with Gasteiger partial charge in [0.25, 0.3) is 0 Å². The summed E-state index contributed by atoms with van der Waals surface area (Å²) in [4.78, 5) is 0. The third-order valence-electron chi connectivity index (χ3n) is 5.35. The Morgan fingerprint density at radius 2 is 1.50 bits per heavy atom. The van der Waals surface area contributed by atoms with Crippen LogP contribution in [0.25, 0.3) is 0 Å². The van der Waals surface area contributed by atoms with Crippen LogP contribution in [0.3, 0.4) is 0 Å². The number of rotatable bonds is 4. The van der Waals surface area contributed by atoms with E-state index in [9.17, 15) is 0 Å². The topological polar surface area (TPSA) is 61.3 Å². The van der Waals surface area contributed by atoms with Gasteiger partial charge in [-0.25, -0.2) is 0 Å². The molecular formula is C14H32N2OSi. The van der Waals surface area contributed by atoms with Gasteiger partial charge in [-0.2, -0.15) is 0 Å². The molecule has 4 heteroatoms. The van der Waals surface area contributed by atoms with Gasteiger partial charge in [-0.1, -0.05) is 27.7 Å². The first-order valence-corrected chi connectivity index (χ1v) is 9.61. The van der Waals surface area contributed by atoms with Crippen molar-refractivity contribution in [3.63, 3.8) is 0 Å². The monoisotopic (exact) mass is 272 g/mol. The number of hydrogen-bond acceptors (Lipinski definition) is 3. The molecule has 0 aliphatic carbocycles. The average molecular weight is 273 g/mol. The van der Waals surface area contributed by atoms with E-state index in [4.69, 9.17) is 15.9 Å². The van der Waals surface area contributed by atoms with E-state index >= 15 is 0 Å². The van der Waals surface area contributed by atoms with Gasteiger partial charge >= 0.3 is 0 Å². The molecule has 0 aromatic heterocycles. The summed E-state index contributed by atoms with van der Waals surface area (Å²) in [6.07, 6.45) is 3.11. The van der Waals surface area contributed by atoms with Crippen LogP contribution in [0.15, 0.2) is 0 Å². The third kappa shape index (κ3) is 2.53. The first kappa shape index (κ1) is 16.2. The Bertz CT molecular complexity index is 282. The van der Waals surface area contributed by atoms with Crippen LogP contribution in [-0.2, 0) is 4.43 Å². The van der Waals surface area contributed by atoms with Gasteiger partial charge in [0.15, 0.2) is 0 Å². The van der Waals surface area contributed by atoms with E-state index in [1.54, 1.807) is 0 Å². The molecule has 18 heavy (non-hydrogen) atoms. The van der Waals surface area contributed by atoms with Crippen molar-refractivity contribution >= 4 is 8.32 Å². The molecule has 2 atom stereocenters. The maximum atomic E-state index is 6.67. The van der Waals surface area contributed by atoms with Gasteiger partial charge in [-0.05, 0) is 44.6 Å². The summed E-state index contributed by atoms with van der Waals surface area (Å²) in [5, 5.41) is 0. The fourth-order valence-electron chi connectivity index (χ4n) is 2.96. The molecule has 1 saturated heterocycles. The van der Waals surface area contributed by atoms with Gasteiger partial charge in [0.2, 0.25) is 8.32 Å². The molecule has 0 bridgehead atoms. The van der Waals surface area contributed by atoms with Crippen LogP contribution >= 0.6 is 0 Å². The molecule has 1 aliphatic heterocycles. The molecule has 1 rings (SSSR count). The highest BCUT2D eigenvalue weighted by Gasteiger charge is 2.56. The second-order valence-electron chi connectivity index (χ2n) is 6.98. The first-order valence-electron chi connectivity index (χ1n) is 7.34. The summed E-state index contributed by atoms with van der Waals surface area (Å²) in [5.74, 6) is 0. The largest absolute Gasteiger partial charge is 0.408 e. The summed E-state index contributed by atoms with van der Waals surface area (Å²) < 4.78 is 6.67. The van der Waals surface area contributed by atoms with E-state index in [0.717, 1.165) is 18.9 Å². The van der Waals surface area contributed by atoms with Gasteiger partial charge < -0.3 is 15.9 Å². The summed E-state index contributed by atoms with van der Waals surface area (Å²) in [6, 6.07) is 1.10. The molecule has 1 heterocycles. The maximum Gasteiger partial charge on any atom is 0.226 e. The zero-order valence-electron chi connectivity index (χ0n) is 13.0. The molecule has 0 amide bonds. The Morgan fingerprint density at radius 3 is 1.83 bits per heavy atom. The Balaban J connectivity index is 3.09. The highest BCUT2D eigenvalue weighted by atomic mass is 28.4. The SMILES string of the molecule is CCC(N)[Si]1(C(N)CC)CCC(C)(C)C(C)(C)O1. The lowest BCUT2D eigenvalue weighted by atomic mass is 9.75. The second kappa shape index (κ2) is 5.23. The summed E-state index contributed by atoms with van der Waals surface area (Å²) >= 11 is 0. The molecule has 0 spiro atoms. The number of hydrogen-bond donors (Lipinski definition) is 2. The molecule has 0 aromatic rings. The summed E-state index contributed by atoms with van der Waals surface area (Å²) in [6.45, 7) is 13.3. The minimum Gasteiger partial charge on any atom is -0.408 e. The Morgan fingerprint density at radius 1 is 1.06 bits per heavy atom. The fourth-order valence-corrected chi connectivity index (χ4v) is 8.28. The highest BCUT2D eigenvalue weighted by molar-refractivity contribution is 6.77. The van der Waals surface area contributed by atoms with Crippen molar-refractivity contribution in [1.29, 1.82) is 0 Å². The van der Waals surface area contributed by atoms with Crippen molar-refractivity contribution in [3.8, 4) is 0 Å². The van der Waals surface area contributed by atoms with Crippen LogP contribution in [0.4, 0.5) is 0 Å². The van der Waals surface area contributed by atoms with E-state index in [2.05, 4.69) is 41.5 Å². The first-order chi connectivity index (χ1) is 8.13. The van der Waals surface area contributed by atoms with Crippen LogP contribution in [-0.4, -0.2) is 25.2 Å². The summed E-state index contributed by atoms with van der Waals surface area (Å²) in [7, 11) is -2.06. The predicted molar refractivity (Wildman–Crippen MR) is 80.7 cm³/mol. The fraction of sp³-hybridized carbons (Fsp3) is 1.00. The Labute approximate surface area is 114 Å². The Kier molecular flexibility index (Phi) is 4.70. The van der Waals surface area contributed by atoms with Gasteiger partial charge in [-0.3, -0.25) is 0 Å². The lowest BCUT2D eigenvalue weighted by molar-refractivity contribution is -0.0461. The predicted octanol–water partition coefficient (Wildman–Crippen LogP) is 2.71. The quantitative estimate of drug-likeness (QED) is 0.774. The molecule has 0 saturated carbocycles. The number of nitrogens with two attached hydrogens (primary N) is 2. The normalized spacial score (nSPS) is 34.0. The minimum absolute atomic E-state index is 0.128. The van der Waals surface area contributed by atoms with Crippen molar-refractivity contribution in [3.05, 3.63) is 0 Å². The van der Waals surface area contributed by atoms with Crippen molar-refractivity contribution in [2.45, 2.75) is 83.8 Å². The Hall–Kier alpha value is 0.0969. The average Bonchev–Trinajstić information content (AvgIpc) is 2.30. The van der Waals surface area contributed by atoms with Crippen molar-refractivity contribution in [1.82, 2.24) is 0 Å². The molecule has 3 nitrogen and oxygen atoms in total. The van der Waals surface area contributed by atoms with E-state index < -0.39 is 8.32 Å². The zero-order valence-corrected chi connectivity index (χ0v) is 14.0. The molecule has 1 fully saturated rings. The van der Waals surface area contributed by atoms with Crippen molar-refractivity contribution in [2.75, 3.05) is 0 Å². The van der Waals surface area contributed by atoms with Crippen LogP contribution < -0.4 is 11.5 Å². The van der Waals surface area contributed by atoms with Gasteiger partial charge in [0.1, 0.15) is 0 Å². The minimum atomic E-state index is -2.06. The molecule has 1 aliphatic rings. The van der Waals surface area contributed by atoms with Gasteiger partial charge in [0.05, 0.1) is 5.60 Å². The van der Waals surface area contributed by atoms with E-state index in [1.807, 2.05) is 0 Å². The van der Waals surface area contributed by atoms with Crippen LogP contribution in [0.5, 0.6) is 0 Å². The standard InChI is InChI=1S/C14H32N2OSi/c1-7-11(15)18(12(16)8-2)10-9-13(3,4)14(5,6)17-18/h11-12H,7-10,15-16H2,1-6H3. The lowest BCUT2D eigenvalue weighted by Crippen LogP contribution is -2.72. The second-order valence-corrected chi connectivity index (χ2v) is 11.1. The van der Waals surface area contributed by atoms with E-state index in [1.165, 1.54) is 6.42 Å². The summed E-state index contributed by atoms with van der Waals surface area (Å²) in [5.41, 5.74) is 13.2. The molecule has 4 N–H and O–H groups in total. The highest BCUT2D eigenvalue weighted by Crippen LogP contribution is 2.48. The van der Waals surface area contributed by atoms with Crippen molar-refractivity contribution in [2.24, 2.45) is 16.9 Å². The molecular weight excluding hydrogens is 240 g/mol. The van der Waals surface area contributed by atoms with E-state index in [0.29, 0.717) is 0 Å². The zero-order chi connectivity index (χ0) is 14.2. The van der Waals surface area contributed by atoms with Gasteiger partial charge in [0, 0.05) is 11.3 Å². The van der Waals surface area contributed by atoms with E-state index in [-0.39, 0.29) is 22.3 Å². The lowest BCUT2D eigenvalue weighted by Gasteiger charge is -2.56. The van der Waals surface area contributed by atoms with Gasteiger partial charge in [-0.15, -0.1) is 0 Å². The van der Waals surface area contributed by atoms with Crippen LogP contribution in [0, 0.1) is 5.41 Å². The van der Waals surface area contributed by atoms with Crippen LogP contribution in [0.1, 0.15) is 60.8 Å². The third-order valence-corrected chi connectivity index (χ3v) is 10.6. The molecule has 0 radical (unpaired) electrons. The molecule has 0 aromatic carbocycles. The molecule has 2 unspecified atom stereocenters. The van der Waals surface area contributed by atoms with Crippen LogP contribution in [0.2, 0.25) is 6.04 Å². The molecule has 108 valence electrons.